The number of esters is 1. The topological polar surface area (TPSA) is 55.8 Å². The SMILES string of the molecule is CCCCCCCCCCCCCCCCCCCCCCOC(=O)C(C)=COCCO. The van der Waals surface area contributed by atoms with Crippen molar-refractivity contribution < 1.29 is 19.4 Å². The van der Waals surface area contributed by atoms with Gasteiger partial charge >= 0.3 is 5.97 Å². The Morgan fingerprint density at radius 3 is 1.38 bits per heavy atom. The second-order valence-corrected chi connectivity index (χ2v) is 9.25. The Bertz CT molecular complexity index is 420. The molecule has 0 aromatic carbocycles. The van der Waals surface area contributed by atoms with Crippen molar-refractivity contribution in [3.63, 3.8) is 0 Å². The number of carbonyl (C=O) groups is 1. The Kier molecular flexibility index (Phi) is 25.4. The summed E-state index contributed by atoms with van der Waals surface area (Å²) in [6.45, 7) is 4.57. The zero-order valence-electron chi connectivity index (χ0n) is 21.5. The van der Waals surface area contributed by atoms with E-state index in [-0.39, 0.29) is 19.2 Å². The molecule has 4 heteroatoms. The van der Waals surface area contributed by atoms with Gasteiger partial charge in [-0.05, 0) is 13.3 Å². The highest BCUT2D eigenvalue weighted by atomic mass is 16.5. The fraction of sp³-hybridized carbons (Fsp3) is 0.893. The molecule has 190 valence electrons. The second kappa shape index (κ2) is 26.2. The minimum Gasteiger partial charge on any atom is -0.498 e. The zero-order valence-corrected chi connectivity index (χ0v) is 21.5. The second-order valence-electron chi connectivity index (χ2n) is 9.25. The molecule has 0 aromatic heterocycles. The summed E-state index contributed by atoms with van der Waals surface area (Å²) in [4.78, 5) is 11.7. The largest absolute Gasteiger partial charge is 0.498 e. The summed E-state index contributed by atoms with van der Waals surface area (Å²) in [5, 5.41) is 8.64. The molecule has 4 nitrogen and oxygen atoms in total. The molecule has 0 rings (SSSR count). The van der Waals surface area contributed by atoms with Crippen LogP contribution in [0, 0.1) is 0 Å². The summed E-state index contributed by atoms with van der Waals surface area (Å²) in [5.41, 5.74) is 0.437. The van der Waals surface area contributed by atoms with Crippen molar-refractivity contribution >= 4 is 5.97 Å². The van der Waals surface area contributed by atoms with Crippen LogP contribution in [0.1, 0.15) is 142 Å². The van der Waals surface area contributed by atoms with Crippen LogP contribution >= 0.6 is 0 Å². The van der Waals surface area contributed by atoms with Crippen molar-refractivity contribution in [3.8, 4) is 0 Å². The monoisotopic (exact) mass is 454 g/mol. The van der Waals surface area contributed by atoms with Crippen LogP contribution in [0.4, 0.5) is 0 Å². The van der Waals surface area contributed by atoms with E-state index < -0.39 is 0 Å². The van der Waals surface area contributed by atoms with Gasteiger partial charge in [0.15, 0.2) is 0 Å². The molecule has 0 fully saturated rings. The van der Waals surface area contributed by atoms with E-state index in [0.717, 1.165) is 12.8 Å². The zero-order chi connectivity index (χ0) is 23.5. The lowest BCUT2D eigenvalue weighted by Gasteiger charge is -2.06. The number of unbranched alkanes of at least 4 members (excludes halogenated alkanes) is 19. The van der Waals surface area contributed by atoms with Crippen LogP contribution in [0.2, 0.25) is 0 Å². The molecule has 0 aromatic rings. The van der Waals surface area contributed by atoms with Crippen LogP contribution in [0.15, 0.2) is 11.8 Å². The van der Waals surface area contributed by atoms with Gasteiger partial charge in [-0.2, -0.15) is 0 Å². The first-order valence-corrected chi connectivity index (χ1v) is 13.8. The van der Waals surface area contributed by atoms with Gasteiger partial charge in [0.25, 0.3) is 0 Å². The van der Waals surface area contributed by atoms with Crippen molar-refractivity contribution in [1.82, 2.24) is 0 Å². The fourth-order valence-electron chi connectivity index (χ4n) is 3.92. The fourth-order valence-corrected chi connectivity index (χ4v) is 3.92. The van der Waals surface area contributed by atoms with Crippen LogP contribution in [-0.2, 0) is 14.3 Å². The van der Waals surface area contributed by atoms with Gasteiger partial charge in [0, 0.05) is 0 Å². The third-order valence-corrected chi connectivity index (χ3v) is 6.02. The first-order chi connectivity index (χ1) is 15.7. The van der Waals surface area contributed by atoms with Gasteiger partial charge in [-0.3, -0.25) is 0 Å². The summed E-state index contributed by atoms with van der Waals surface area (Å²) in [5.74, 6) is -0.333. The molecule has 0 aliphatic carbocycles. The smallest absolute Gasteiger partial charge is 0.336 e. The first kappa shape index (κ1) is 31.0. The molecule has 1 N–H and O–H groups in total. The van der Waals surface area contributed by atoms with Crippen molar-refractivity contribution in [2.75, 3.05) is 19.8 Å². The number of aliphatic hydroxyl groups excluding tert-OH is 1. The van der Waals surface area contributed by atoms with E-state index >= 15 is 0 Å². The average molecular weight is 455 g/mol. The average Bonchev–Trinajstić information content (AvgIpc) is 2.80. The molecule has 0 unspecified atom stereocenters. The third-order valence-electron chi connectivity index (χ3n) is 6.02. The van der Waals surface area contributed by atoms with Gasteiger partial charge in [-0.25, -0.2) is 4.79 Å². The number of hydrogen-bond donors (Lipinski definition) is 1. The van der Waals surface area contributed by atoms with Crippen molar-refractivity contribution in [2.24, 2.45) is 0 Å². The van der Waals surface area contributed by atoms with Crippen LogP contribution in [0.3, 0.4) is 0 Å². The lowest BCUT2D eigenvalue weighted by Crippen LogP contribution is -2.08. The van der Waals surface area contributed by atoms with E-state index in [0.29, 0.717) is 12.2 Å². The third kappa shape index (κ3) is 23.6. The molecule has 0 heterocycles. The standard InChI is InChI=1S/C28H54O4/c1-3-4-5-6-7-8-9-10-11-12-13-14-15-16-17-18-19-20-21-22-24-32-28(30)27(2)26-31-25-23-29/h26,29H,3-25H2,1-2H3. The van der Waals surface area contributed by atoms with E-state index in [1.165, 1.54) is 122 Å². The van der Waals surface area contributed by atoms with Gasteiger partial charge in [-0.1, -0.05) is 129 Å². The maximum absolute atomic E-state index is 11.7. The highest BCUT2D eigenvalue weighted by Crippen LogP contribution is 2.14. The summed E-state index contributed by atoms with van der Waals surface area (Å²) in [7, 11) is 0. The summed E-state index contributed by atoms with van der Waals surface area (Å²) >= 11 is 0. The molecule has 0 bridgehead atoms. The molecule has 0 saturated carbocycles. The Labute approximate surface area is 199 Å². The van der Waals surface area contributed by atoms with Crippen LogP contribution in [0.25, 0.3) is 0 Å². The Balaban J connectivity index is 3.19. The van der Waals surface area contributed by atoms with Crippen LogP contribution in [0.5, 0.6) is 0 Å². The van der Waals surface area contributed by atoms with Crippen LogP contribution in [-0.4, -0.2) is 30.9 Å². The predicted molar refractivity (Wildman–Crippen MR) is 136 cm³/mol. The number of carbonyl (C=O) groups excluding carboxylic acids is 1. The molecule has 0 amide bonds. The minimum absolute atomic E-state index is 0.0573. The molecule has 0 aliphatic heterocycles. The van der Waals surface area contributed by atoms with E-state index in [9.17, 15) is 4.79 Å². The number of hydrogen-bond acceptors (Lipinski definition) is 4. The lowest BCUT2D eigenvalue weighted by molar-refractivity contribution is -0.139. The van der Waals surface area contributed by atoms with E-state index in [1.807, 2.05) is 0 Å². The molecule has 0 spiro atoms. The van der Waals surface area contributed by atoms with Gasteiger partial charge < -0.3 is 14.6 Å². The molecular weight excluding hydrogens is 400 g/mol. The first-order valence-electron chi connectivity index (χ1n) is 13.8. The van der Waals surface area contributed by atoms with Gasteiger partial charge in [-0.15, -0.1) is 0 Å². The summed E-state index contributed by atoms with van der Waals surface area (Å²) in [6.07, 6.45) is 28.6. The van der Waals surface area contributed by atoms with Crippen molar-refractivity contribution in [1.29, 1.82) is 0 Å². The van der Waals surface area contributed by atoms with E-state index in [4.69, 9.17) is 14.6 Å². The molecule has 32 heavy (non-hydrogen) atoms. The highest BCUT2D eigenvalue weighted by molar-refractivity contribution is 5.87. The van der Waals surface area contributed by atoms with Gasteiger partial charge in [0.05, 0.1) is 25.0 Å². The molecule has 0 radical (unpaired) electrons. The highest BCUT2D eigenvalue weighted by Gasteiger charge is 2.05. The molecule has 0 atom stereocenters. The Morgan fingerprint density at radius 2 is 1.00 bits per heavy atom. The van der Waals surface area contributed by atoms with Crippen molar-refractivity contribution in [2.45, 2.75) is 142 Å². The summed E-state index contributed by atoms with van der Waals surface area (Å²) < 4.78 is 10.2. The van der Waals surface area contributed by atoms with E-state index in [1.54, 1.807) is 6.92 Å². The van der Waals surface area contributed by atoms with Gasteiger partial charge in [0.1, 0.15) is 6.61 Å². The summed E-state index contributed by atoms with van der Waals surface area (Å²) in [6, 6.07) is 0. The quantitative estimate of drug-likeness (QED) is 0.0652. The Hall–Kier alpha value is -1.03. The van der Waals surface area contributed by atoms with Crippen LogP contribution < -0.4 is 0 Å². The molecular formula is C28H54O4. The number of ether oxygens (including phenoxy) is 2. The minimum atomic E-state index is -0.333. The van der Waals surface area contributed by atoms with E-state index in [2.05, 4.69) is 6.92 Å². The maximum atomic E-state index is 11.7. The number of aliphatic hydroxyl groups is 1. The lowest BCUT2D eigenvalue weighted by atomic mass is 10.0. The normalized spacial score (nSPS) is 11.7. The maximum Gasteiger partial charge on any atom is 0.336 e. The molecule has 0 aliphatic rings. The Morgan fingerprint density at radius 1 is 0.625 bits per heavy atom. The molecule has 0 saturated heterocycles. The van der Waals surface area contributed by atoms with Crippen molar-refractivity contribution in [3.05, 3.63) is 11.8 Å². The number of rotatable bonds is 25. The predicted octanol–water partition coefficient (Wildman–Crippen LogP) is 8.26. The van der Waals surface area contributed by atoms with Gasteiger partial charge in [0.2, 0.25) is 0 Å².